The van der Waals surface area contributed by atoms with Gasteiger partial charge in [-0.2, -0.15) is 0 Å². The molecule has 1 rings (SSSR count). The summed E-state index contributed by atoms with van der Waals surface area (Å²) in [6, 6.07) is 0. The van der Waals surface area contributed by atoms with Crippen molar-refractivity contribution in [3.63, 3.8) is 0 Å². The Balaban J connectivity index is 3.60. The highest BCUT2D eigenvalue weighted by atomic mass is 79.9. The van der Waals surface area contributed by atoms with Crippen molar-refractivity contribution in [2.45, 2.75) is 6.92 Å². The van der Waals surface area contributed by atoms with Gasteiger partial charge in [0, 0.05) is 18.9 Å². The third kappa shape index (κ3) is 1.65. The molecule has 0 saturated heterocycles. The summed E-state index contributed by atoms with van der Waals surface area (Å²) in [5, 5.41) is 8.67. The van der Waals surface area contributed by atoms with Crippen molar-refractivity contribution in [1.82, 2.24) is 4.57 Å². The van der Waals surface area contributed by atoms with Crippen LogP contribution >= 0.6 is 15.9 Å². The fourth-order valence-electron chi connectivity index (χ4n) is 0.939. The van der Waals surface area contributed by atoms with Crippen LogP contribution in [0.5, 0.6) is 0 Å². The van der Waals surface area contributed by atoms with Crippen LogP contribution in [0.15, 0.2) is 15.5 Å². The van der Waals surface area contributed by atoms with Crippen LogP contribution in [-0.4, -0.2) is 15.6 Å². The van der Waals surface area contributed by atoms with Crippen molar-refractivity contribution in [2.24, 2.45) is 7.05 Å². The topological polar surface area (TPSA) is 59.3 Å². The number of rotatable bonds is 1. The maximum absolute atomic E-state index is 11.3. The highest BCUT2D eigenvalue weighted by Crippen LogP contribution is 2.10. The minimum atomic E-state index is -1.21. The zero-order valence-electron chi connectivity index (χ0n) is 7.17. The van der Waals surface area contributed by atoms with E-state index in [2.05, 4.69) is 15.9 Å². The Labute approximate surface area is 82.9 Å². The Bertz CT molecular complexity index is 422. The van der Waals surface area contributed by atoms with Crippen LogP contribution in [0.2, 0.25) is 0 Å². The Morgan fingerprint density at radius 2 is 2.15 bits per heavy atom. The molecule has 0 unspecified atom stereocenters. The van der Waals surface area contributed by atoms with Crippen LogP contribution in [0.25, 0.3) is 0 Å². The van der Waals surface area contributed by atoms with E-state index in [1.807, 2.05) is 0 Å². The first kappa shape index (κ1) is 9.98. The summed E-state index contributed by atoms with van der Waals surface area (Å²) < 4.78 is 1.89. The molecule has 0 aliphatic heterocycles. The number of carboxylic acids is 1. The van der Waals surface area contributed by atoms with Gasteiger partial charge in [0.25, 0.3) is 0 Å². The molecule has 0 radical (unpaired) electrons. The number of nitrogens with zero attached hydrogens (tertiary/aromatic N) is 1. The number of carboxylic acid groups (broad SMARTS) is 1. The minimum absolute atomic E-state index is 0.222. The molecule has 0 saturated carbocycles. The van der Waals surface area contributed by atoms with Crippen LogP contribution in [-0.2, 0) is 7.05 Å². The summed E-state index contributed by atoms with van der Waals surface area (Å²) in [5.41, 5.74) is -0.00178. The van der Waals surface area contributed by atoms with Crippen molar-refractivity contribution in [3.05, 3.63) is 32.2 Å². The van der Waals surface area contributed by atoms with Crippen LogP contribution < -0.4 is 5.43 Å². The van der Waals surface area contributed by atoms with Crippen molar-refractivity contribution >= 4 is 21.9 Å². The molecule has 0 atom stereocenters. The van der Waals surface area contributed by atoms with E-state index >= 15 is 0 Å². The zero-order valence-corrected chi connectivity index (χ0v) is 8.75. The molecule has 1 aromatic rings. The lowest BCUT2D eigenvalue weighted by Gasteiger charge is -2.06. The van der Waals surface area contributed by atoms with E-state index in [9.17, 15) is 9.59 Å². The highest BCUT2D eigenvalue weighted by molar-refractivity contribution is 9.10. The average molecular weight is 246 g/mol. The number of carbonyl (C=O) groups is 1. The largest absolute Gasteiger partial charge is 0.477 e. The second kappa shape index (κ2) is 3.33. The number of aryl methyl sites for hydroxylation is 1. The Kier molecular flexibility index (Phi) is 2.56. The Morgan fingerprint density at radius 3 is 2.62 bits per heavy atom. The van der Waals surface area contributed by atoms with Crippen molar-refractivity contribution in [1.29, 1.82) is 0 Å². The fraction of sp³-hybridized carbons (Fsp3) is 0.250. The molecule has 13 heavy (non-hydrogen) atoms. The average Bonchev–Trinajstić information content (AvgIpc) is 2.07. The molecule has 1 N–H and O–H groups in total. The lowest BCUT2D eigenvalue weighted by atomic mass is 10.2. The molecule has 0 bridgehead atoms. The second-order valence-corrected chi connectivity index (χ2v) is 3.48. The normalized spacial score (nSPS) is 10.1. The summed E-state index contributed by atoms with van der Waals surface area (Å²) in [4.78, 5) is 21.9. The van der Waals surface area contributed by atoms with Gasteiger partial charge in [-0.05, 0) is 22.9 Å². The number of halogens is 1. The fourth-order valence-corrected chi connectivity index (χ4v) is 1.43. The predicted molar refractivity (Wildman–Crippen MR) is 51.1 cm³/mol. The summed E-state index contributed by atoms with van der Waals surface area (Å²) >= 11 is 3.05. The molecule has 1 heterocycles. The number of hydrogen-bond acceptors (Lipinski definition) is 2. The second-order valence-electron chi connectivity index (χ2n) is 2.69. The lowest BCUT2D eigenvalue weighted by molar-refractivity contribution is 0.0694. The first-order valence-electron chi connectivity index (χ1n) is 3.54. The van der Waals surface area contributed by atoms with Gasteiger partial charge in [-0.1, -0.05) is 0 Å². The molecule has 0 spiro atoms. The van der Waals surface area contributed by atoms with Crippen molar-refractivity contribution < 1.29 is 9.90 Å². The number of aromatic carboxylic acids is 1. The Morgan fingerprint density at radius 1 is 1.62 bits per heavy atom. The number of hydrogen-bond donors (Lipinski definition) is 1. The zero-order chi connectivity index (χ0) is 10.2. The van der Waals surface area contributed by atoms with Gasteiger partial charge in [0.05, 0.1) is 4.47 Å². The van der Waals surface area contributed by atoms with E-state index in [-0.39, 0.29) is 5.56 Å². The van der Waals surface area contributed by atoms with E-state index < -0.39 is 11.4 Å². The maximum atomic E-state index is 11.3. The molecule has 0 fully saturated rings. The van der Waals surface area contributed by atoms with Gasteiger partial charge >= 0.3 is 5.97 Å². The van der Waals surface area contributed by atoms with Gasteiger partial charge in [0.2, 0.25) is 5.43 Å². The first-order valence-corrected chi connectivity index (χ1v) is 4.33. The van der Waals surface area contributed by atoms with E-state index in [0.29, 0.717) is 10.2 Å². The predicted octanol–water partition coefficient (Wildman–Crippen LogP) is 1.15. The van der Waals surface area contributed by atoms with E-state index in [1.54, 1.807) is 18.5 Å². The van der Waals surface area contributed by atoms with Gasteiger partial charge < -0.3 is 9.67 Å². The standard InChI is InChI=1S/C8H8BrNO3/c1-4-6(9)7(11)5(8(12)13)3-10(4)2/h3H,1-2H3,(H,12,13). The Hall–Kier alpha value is -1.10. The van der Waals surface area contributed by atoms with Crippen LogP contribution in [0, 0.1) is 6.92 Å². The molecule has 0 aliphatic carbocycles. The third-order valence-electron chi connectivity index (χ3n) is 1.84. The first-order chi connectivity index (χ1) is 5.95. The van der Waals surface area contributed by atoms with Gasteiger partial charge in [0.1, 0.15) is 5.56 Å². The third-order valence-corrected chi connectivity index (χ3v) is 2.78. The monoisotopic (exact) mass is 245 g/mol. The van der Waals surface area contributed by atoms with Crippen LogP contribution in [0.1, 0.15) is 16.1 Å². The molecule has 0 aromatic carbocycles. The SMILES string of the molecule is Cc1c(Br)c(=O)c(C(=O)O)cn1C. The molecule has 1 aromatic heterocycles. The molecule has 70 valence electrons. The summed E-state index contributed by atoms with van der Waals surface area (Å²) in [7, 11) is 1.69. The maximum Gasteiger partial charge on any atom is 0.341 e. The quantitative estimate of drug-likeness (QED) is 0.808. The molecule has 0 aliphatic rings. The van der Waals surface area contributed by atoms with Gasteiger partial charge in [-0.25, -0.2) is 4.79 Å². The molecule has 0 amide bonds. The number of aromatic nitrogens is 1. The smallest absolute Gasteiger partial charge is 0.341 e. The molecule has 4 nitrogen and oxygen atoms in total. The molecular weight excluding hydrogens is 238 g/mol. The highest BCUT2D eigenvalue weighted by Gasteiger charge is 2.13. The minimum Gasteiger partial charge on any atom is -0.477 e. The van der Waals surface area contributed by atoms with Crippen molar-refractivity contribution in [2.75, 3.05) is 0 Å². The molecular formula is C8H8BrNO3. The van der Waals surface area contributed by atoms with Gasteiger partial charge in [-0.3, -0.25) is 4.79 Å². The van der Waals surface area contributed by atoms with E-state index in [1.165, 1.54) is 6.20 Å². The van der Waals surface area contributed by atoms with E-state index in [4.69, 9.17) is 5.11 Å². The summed E-state index contributed by atoms with van der Waals surface area (Å²) in [6.07, 6.45) is 1.31. The summed E-state index contributed by atoms with van der Waals surface area (Å²) in [5.74, 6) is -1.21. The lowest BCUT2D eigenvalue weighted by Crippen LogP contribution is -2.19. The van der Waals surface area contributed by atoms with Gasteiger partial charge in [-0.15, -0.1) is 0 Å². The molecule has 5 heteroatoms. The summed E-state index contributed by atoms with van der Waals surface area (Å²) in [6.45, 7) is 1.73. The van der Waals surface area contributed by atoms with Crippen molar-refractivity contribution in [3.8, 4) is 0 Å². The van der Waals surface area contributed by atoms with Crippen LogP contribution in [0.3, 0.4) is 0 Å². The van der Waals surface area contributed by atoms with E-state index in [0.717, 1.165) is 0 Å². The van der Waals surface area contributed by atoms with Crippen LogP contribution in [0.4, 0.5) is 0 Å². The number of pyridine rings is 1. The van der Waals surface area contributed by atoms with Gasteiger partial charge in [0.15, 0.2) is 0 Å².